The summed E-state index contributed by atoms with van der Waals surface area (Å²) in [5.74, 6) is 0.0159. The molecular weight excluding hydrogens is 290 g/mol. The predicted octanol–water partition coefficient (Wildman–Crippen LogP) is 1.24. The summed E-state index contributed by atoms with van der Waals surface area (Å²) in [6.07, 6.45) is 1.59. The van der Waals surface area contributed by atoms with Gasteiger partial charge in [0, 0.05) is 37.7 Å². The first-order valence-electron chi connectivity index (χ1n) is 6.99. The fraction of sp³-hybridized carbons (Fsp3) is 0.467. The Kier molecular flexibility index (Phi) is 6.65. The number of rotatable bonds is 5. The summed E-state index contributed by atoms with van der Waals surface area (Å²) in [5.41, 5.74) is 7.57. The van der Waals surface area contributed by atoms with E-state index in [1.165, 1.54) is 5.56 Å². The minimum atomic E-state index is -0.0706. The van der Waals surface area contributed by atoms with Gasteiger partial charge in [-0.25, -0.2) is 0 Å². The molecule has 0 radical (unpaired) electrons. The number of anilines is 1. The Morgan fingerprint density at radius 2 is 2.10 bits per heavy atom. The zero-order valence-corrected chi connectivity index (χ0v) is 13.0. The second-order valence-corrected chi connectivity index (χ2v) is 5.13. The highest BCUT2D eigenvalue weighted by Crippen LogP contribution is 2.27. The maximum Gasteiger partial charge on any atom is 0.227 e. The van der Waals surface area contributed by atoms with Crippen molar-refractivity contribution in [3.05, 3.63) is 29.8 Å². The molecule has 116 valence electrons. The van der Waals surface area contributed by atoms with Gasteiger partial charge in [-0.15, -0.1) is 12.4 Å². The average molecular weight is 312 g/mol. The Bertz CT molecular complexity index is 507. The van der Waals surface area contributed by atoms with Gasteiger partial charge in [-0.05, 0) is 25.0 Å². The van der Waals surface area contributed by atoms with Crippen molar-refractivity contribution < 1.29 is 9.59 Å². The molecule has 0 spiro atoms. The number of nitrogens with two attached hydrogens (primary N) is 1. The van der Waals surface area contributed by atoms with Gasteiger partial charge < -0.3 is 16.0 Å². The normalized spacial score (nSPS) is 15.0. The SMILES string of the molecule is C[C@@H](CN)NC(=O)CCN1C(=O)CCc2ccccc21.Cl. The molecule has 21 heavy (non-hydrogen) atoms. The summed E-state index contributed by atoms with van der Waals surface area (Å²) >= 11 is 0. The third-order valence-electron chi connectivity index (χ3n) is 3.52. The summed E-state index contributed by atoms with van der Waals surface area (Å²) < 4.78 is 0. The lowest BCUT2D eigenvalue weighted by molar-refractivity contribution is -0.121. The van der Waals surface area contributed by atoms with Crippen LogP contribution in [0.1, 0.15) is 25.3 Å². The Labute approximate surface area is 131 Å². The third-order valence-corrected chi connectivity index (χ3v) is 3.52. The Morgan fingerprint density at radius 3 is 2.81 bits per heavy atom. The van der Waals surface area contributed by atoms with Gasteiger partial charge in [-0.2, -0.15) is 0 Å². The quantitative estimate of drug-likeness (QED) is 0.859. The van der Waals surface area contributed by atoms with E-state index in [0.717, 1.165) is 12.1 Å². The van der Waals surface area contributed by atoms with Crippen LogP contribution in [0.5, 0.6) is 0 Å². The van der Waals surface area contributed by atoms with Crippen molar-refractivity contribution in [1.29, 1.82) is 0 Å². The first kappa shape index (κ1) is 17.5. The number of fused-ring (bicyclic) bond motifs is 1. The first-order chi connectivity index (χ1) is 9.61. The van der Waals surface area contributed by atoms with Crippen molar-refractivity contribution in [2.24, 2.45) is 5.73 Å². The fourth-order valence-corrected chi connectivity index (χ4v) is 2.36. The lowest BCUT2D eigenvalue weighted by Gasteiger charge is -2.29. The number of carbonyl (C=O) groups is 2. The Balaban J connectivity index is 0.00000220. The van der Waals surface area contributed by atoms with Crippen LogP contribution in [0.25, 0.3) is 0 Å². The number of aryl methyl sites for hydroxylation is 1. The molecule has 3 N–H and O–H groups in total. The molecular formula is C15H22ClN3O2. The molecule has 0 fully saturated rings. The molecule has 0 bridgehead atoms. The number of amides is 2. The van der Waals surface area contributed by atoms with Crippen LogP contribution >= 0.6 is 12.4 Å². The number of hydrogen-bond acceptors (Lipinski definition) is 3. The van der Waals surface area contributed by atoms with Crippen molar-refractivity contribution in [3.63, 3.8) is 0 Å². The van der Waals surface area contributed by atoms with Crippen molar-refractivity contribution in [2.45, 2.75) is 32.2 Å². The van der Waals surface area contributed by atoms with Crippen molar-refractivity contribution in [2.75, 3.05) is 18.0 Å². The van der Waals surface area contributed by atoms with Crippen LogP contribution < -0.4 is 16.0 Å². The molecule has 0 saturated carbocycles. The average Bonchev–Trinajstić information content (AvgIpc) is 2.46. The Morgan fingerprint density at radius 1 is 1.38 bits per heavy atom. The smallest absolute Gasteiger partial charge is 0.227 e. The lowest BCUT2D eigenvalue weighted by Crippen LogP contribution is -2.41. The van der Waals surface area contributed by atoms with Crippen molar-refractivity contribution in [1.82, 2.24) is 5.32 Å². The second kappa shape index (κ2) is 8.00. The molecule has 1 heterocycles. The van der Waals surface area contributed by atoms with E-state index in [1.807, 2.05) is 31.2 Å². The Hall–Kier alpha value is -1.59. The minimum absolute atomic E-state index is 0. The highest BCUT2D eigenvalue weighted by Gasteiger charge is 2.24. The molecule has 0 unspecified atom stereocenters. The number of hydrogen-bond donors (Lipinski definition) is 2. The van der Waals surface area contributed by atoms with Gasteiger partial charge in [0.25, 0.3) is 0 Å². The minimum Gasteiger partial charge on any atom is -0.352 e. The number of halogens is 1. The van der Waals surface area contributed by atoms with Crippen LogP contribution in [0, 0.1) is 0 Å². The van der Waals surface area contributed by atoms with Gasteiger partial charge in [0.15, 0.2) is 0 Å². The summed E-state index contributed by atoms with van der Waals surface area (Å²) in [7, 11) is 0. The molecule has 1 aliphatic heterocycles. The highest BCUT2D eigenvalue weighted by molar-refractivity contribution is 5.97. The van der Waals surface area contributed by atoms with E-state index in [2.05, 4.69) is 5.32 Å². The second-order valence-electron chi connectivity index (χ2n) is 5.13. The molecule has 2 rings (SSSR count). The van der Waals surface area contributed by atoms with Gasteiger partial charge in [0.05, 0.1) is 0 Å². The van der Waals surface area contributed by atoms with Gasteiger partial charge in [0.1, 0.15) is 0 Å². The van der Waals surface area contributed by atoms with Crippen LogP contribution in [-0.2, 0) is 16.0 Å². The molecule has 0 saturated heterocycles. The zero-order chi connectivity index (χ0) is 14.5. The molecule has 5 nitrogen and oxygen atoms in total. The molecule has 0 aliphatic carbocycles. The van der Waals surface area contributed by atoms with Crippen molar-refractivity contribution >= 4 is 29.9 Å². The maximum absolute atomic E-state index is 12.0. The number of nitrogens with zero attached hydrogens (tertiary/aromatic N) is 1. The van der Waals surface area contributed by atoms with Crippen LogP contribution in [0.15, 0.2) is 24.3 Å². The number of carbonyl (C=O) groups excluding carboxylic acids is 2. The molecule has 0 aromatic heterocycles. The topological polar surface area (TPSA) is 75.4 Å². The van der Waals surface area contributed by atoms with E-state index in [9.17, 15) is 9.59 Å². The van der Waals surface area contributed by atoms with E-state index in [4.69, 9.17) is 5.73 Å². The van der Waals surface area contributed by atoms with E-state index < -0.39 is 0 Å². The molecule has 1 aliphatic rings. The van der Waals surface area contributed by atoms with Gasteiger partial charge >= 0.3 is 0 Å². The van der Waals surface area contributed by atoms with Gasteiger partial charge in [0.2, 0.25) is 11.8 Å². The molecule has 6 heteroatoms. The first-order valence-corrected chi connectivity index (χ1v) is 6.99. The monoisotopic (exact) mass is 311 g/mol. The number of para-hydroxylation sites is 1. The summed E-state index contributed by atoms with van der Waals surface area (Å²) in [5, 5.41) is 2.81. The van der Waals surface area contributed by atoms with Crippen LogP contribution in [-0.4, -0.2) is 30.9 Å². The van der Waals surface area contributed by atoms with E-state index in [0.29, 0.717) is 25.9 Å². The van der Waals surface area contributed by atoms with Crippen LogP contribution in [0.3, 0.4) is 0 Å². The zero-order valence-electron chi connectivity index (χ0n) is 12.2. The lowest BCUT2D eigenvalue weighted by atomic mass is 10.0. The third kappa shape index (κ3) is 4.44. The van der Waals surface area contributed by atoms with Crippen molar-refractivity contribution in [3.8, 4) is 0 Å². The van der Waals surface area contributed by atoms with Gasteiger partial charge in [-0.1, -0.05) is 18.2 Å². The largest absolute Gasteiger partial charge is 0.352 e. The van der Waals surface area contributed by atoms with E-state index >= 15 is 0 Å². The number of nitrogens with one attached hydrogen (secondary N) is 1. The molecule has 1 atom stereocenters. The van der Waals surface area contributed by atoms with E-state index in [1.54, 1.807) is 4.90 Å². The van der Waals surface area contributed by atoms with Crippen LogP contribution in [0.2, 0.25) is 0 Å². The standard InChI is InChI=1S/C15H21N3O2.ClH/c1-11(10-16)17-14(19)8-9-18-13-5-3-2-4-12(13)6-7-15(18)20;/h2-5,11H,6-10,16H2,1H3,(H,17,19);1H/t11-;/m0./s1. The summed E-state index contributed by atoms with van der Waals surface area (Å²) in [6.45, 7) is 2.69. The summed E-state index contributed by atoms with van der Waals surface area (Å²) in [6, 6.07) is 7.83. The highest BCUT2D eigenvalue weighted by atomic mass is 35.5. The predicted molar refractivity (Wildman–Crippen MR) is 85.6 cm³/mol. The number of benzene rings is 1. The fourth-order valence-electron chi connectivity index (χ4n) is 2.36. The maximum atomic E-state index is 12.0. The molecule has 2 amide bonds. The van der Waals surface area contributed by atoms with Gasteiger partial charge in [-0.3, -0.25) is 9.59 Å². The van der Waals surface area contributed by atoms with Crippen LogP contribution in [0.4, 0.5) is 5.69 Å². The molecule has 1 aromatic carbocycles. The summed E-state index contributed by atoms with van der Waals surface area (Å²) in [4.78, 5) is 25.5. The molecule has 1 aromatic rings. The van der Waals surface area contributed by atoms with E-state index in [-0.39, 0.29) is 30.3 Å².